The van der Waals surface area contributed by atoms with Crippen LogP contribution in [0.2, 0.25) is 0 Å². The van der Waals surface area contributed by atoms with Gasteiger partial charge < -0.3 is 15.0 Å². The Balaban J connectivity index is 1.90. The third-order valence-electron chi connectivity index (χ3n) is 4.29. The van der Waals surface area contributed by atoms with Crippen LogP contribution >= 0.6 is 0 Å². The predicted octanol–water partition coefficient (Wildman–Crippen LogP) is 2.79. The smallest absolute Gasteiger partial charge is 0.337 e. The molecule has 0 aliphatic heterocycles. The summed E-state index contributed by atoms with van der Waals surface area (Å²) >= 11 is 0. The molecule has 1 aromatic heterocycles. The molecule has 6 heteroatoms. The number of carbonyl (C=O) groups is 2. The minimum atomic E-state index is -1.03. The number of anilines is 1. The molecule has 0 spiro atoms. The Labute approximate surface area is 128 Å². The van der Waals surface area contributed by atoms with Crippen LogP contribution in [0.3, 0.4) is 0 Å². The molecule has 3 rings (SSSR count). The molecule has 1 heterocycles. The van der Waals surface area contributed by atoms with Crippen LogP contribution < -0.4 is 5.32 Å². The summed E-state index contributed by atoms with van der Waals surface area (Å²) < 4.78 is 1.67. The molecular weight excluding hydrogens is 282 g/mol. The number of benzene rings is 1. The van der Waals surface area contributed by atoms with Crippen molar-refractivity contribution in [1.29, 1.82) is 0 Å². The lowest BCUT2D eigenvalue weighted by Crippen LogP contribution is -2.24. The van der Waals surface area contributed by atoms with E-state index < -0.39 is 5.97 Å². The zero-order valence-corrected chi connectivity index (χ0v) is 12.5. The number of aryl methyl sites for hydroxylation is 1. The van der Waals surface area contributed by atoms with Crippen molar-refractivity contribution < 1.29 is 14.7 Å². The number of carboxylic acid groups (broad SMARTS) is 1. The third-order valence-corrected chi connectivity index (χ3v) is 4.29. The van der Waals surface area contributed by atoms with E-state index in [-0.39, 0.29) is 17.4 Å². The average molecular weight is 301 g/mol. The molecular formula is C16H19N3O3. The molecule has 1 aliphatic carbocycles. The van der Waals surface area contributed by atoms with Gasteiger partial charge in [-0.1, -0.05) is 19.3 Å². The van der Waals surface area contributed by atoms with Gasteiger partial charge in [-0.2, -0.15) is 0 Å². The fourth-order valence-electron chi connectivity index (χ4n) is 3.14. The number of imidazole rings is 1. The number of nitrogens with one attached hydrogen (secondary N) is 1. The highest BCUT2D eigenvalue weighted by Crippen LogP contribution is 2.27. The highest BCUT2D eigenvalue weighted by atomic mass is 16.4. The molecule has 0 radical (unpaired) electrons. The number of nitrogens with zero attached hydrogens (tertiary/aromatic N) is 2. The van der Waals surface area contributed by atoms with Crippen LogP contribution in [0.15, 0.2) is 18.5 Å². The summed E-state index contributed by atoms with van der Waals surface area (Å²) in [5, 5.41) is 12.2. The minimum Gasteiger partial charge on any atom is -0.478 e. The van der Waals surface area contributed by atoms with E-state index in [0.717, 1.165) is 25.7 Å². The Kier molecular flexibility index (Phi) is 3.83. The Bertz CT molecular complexity index is 730. The molecule has 0 bridgehead atoms. The first-order valence-electron chi connectivity index (χ1n) is 7.55. The molecule has 22 heavy (non-hydrogen) atoms. The number of rotatable bonds is 3. The largest absolute Gasteiger partial charge is 0.478 e. The lowest BCUT2D eigenvalue weighted by Gasteiger charge is -2.20. The van der Waals surface area contributed by atoms with E-state index in [4.69, 9.17) is 0 Å². The van der Waals surface area contributed by atoms with Crippen LogP contribution in [-0.2, 0) is 11.8 Å². The van der Waals surface area contributed by atoms with E-state index in [9.17, 15) is 14.7 Å². The van der Waals surface area contributed by atoms with Crippen molar-refractivity contribution >= 4 is 28.6 Å². The molecule has 1 fully saturated rings. The van der Waals surface area contributed by atoms with Crippen molar-refractivity contribution in [2.75, 3.05) is 5.32 Å². The molecule has 0 unspecified atom stereocenters. The summed E-state index contributed by atoms with van der Waals surface area (Å²) in [5.41, 5.74) is 1.78. The van der Waals surface area contributed by atoms with E-state index in [1.165, 1.54) is 12.5 Å². The lowest BCUT2D eigenvalue weighted by atomic mass is 9.88. The molecule has 2 N–H and O–H groups in total. The van der Waals surface area contributed by atoms with Crippen molar-refractivity contribution in [3.63, 3.8) is 0 Å². The third kappa shape index (κ3) is 2.68. The van der Waals surface area contributed by atoms with Crippen LogP contribution in [0.1, 0.15) is 42.5 Å². The molecule has 0 saturated heterocycles. The van der Waals surface area contributed by atoms with Crippen LogP contribution in [-0.4, -0.2) is 26.5 Å². The van der Waals surface area contributed by atoms with E-state index in [1.807, 2.05) is 0 Å². The maximum absolute atomic E-state index is 12.3. The number of aromatic nitrogens is 2. The molecule has 2 aromatic rings. The summed E-state index contributed by atoms with van der Waals surface area (Å²) in [4.78, 5) is 27.9. The Morgan fingerprint density at radius 2 is 2.00 bits per heavy atom. The van der Waals surface area contributed by atoms with Crippen molar-refractivity contribution in [3.05, 3.63) is 24.0 Å². The number of carbonyl (C=O) groups excluding carboxylic acids is 1. The van der Waals surface area contributed by atoms with Gasteiger partial charge in [-0.15, -0.1) is 0 Å². The number of amides is 1. The SMILES string of the molecule is Cn1cnc2cc(NC(=O)C3CCCCC3)cc(C(=O)O)c21. The van der Waals surface area contributed by atoms with E-state index in [1.54, 1.807) is 24.0 Å². The number of aromatic carboxylic acids is 1. The minimum absolute atomic E-state index is 0.0219. The Hall–Kier alpha value is -2.37. The maximum atomic E-state index is 12.3. The van der Waals surface area contributed by atoms with Gasteiger partial charge in [0.05, 0.1) is 22.9 Å². The standard InChI is InChI=1S/C16H19N3O3/c1-19-9-17-13-8-11(7-12(14(13)19)16(21)22)18-15(20)10-5-3-2-4-6-10/h7-10H,2-6H2,1H3,(H,18,20)(H,21,22). The predicted molar refractivity (Wildman–Crippen MR) is 82.9 cm³/mol. The quantitative estimate of drug-likeness (QED) is 0.913. The Morgan fingerprint density at radius 1 is 1.27 bits per heavy atom. The van der Waals surface area contributed by atoms with Gasteiger partial charge in [0.25, 0.3) is 0 Å². The Morgan fingerprint density at radius 3 is 2.68 bits per heavy atom. The molecule has 1 aliphatic rings. The first kappa shape index (κ1) is 14.6. The van der Waals surface area contributed by atoms with Gasteiger partial charge in [0.15, 0.2) is 0 Å². The molecule has 6 nitrogen and oxygen atoms in total. The first-order valence-corrected chi connectivity index (χ1v) is 7.55. The molecule has 1 aromatic carbocycles. The van der Waals surface area contributed by atoms with Gasteiger partial charge in [0, 0.05) is 18.7 Å². The van der Waals surface area contributed by atoms with Crippen LogP contribution in [0, 0.1) is 5.92 Å². The fraction of sp³-hybridized carbons (Fsp3) is 0.438. The van der Waals surface area contributed by atoms with Crippen molar-refractivity contribution in [3.8, 4) is 0 Å². The fourth-order valence-corrected chi connectivity index (χ4v) is 3.14. The normalized spacial score (nSPS) is 15.9. The van der Waals surface area contributed by atoms with E-state index in [0.29, 0.717) is 16.7 Å². The van der Waals surface area contributed by atoms with Crippen molar-refractivity contribution in [2.24, 2.45) is 13.0 Å². The second-order valence-corrected chi connectivity index (χ2v) is 5.88. The van der Waals surface area contributed by atoms with Gasteiger partial charge >= 0.3 is 5.97 Å². The number of hydrogen-bond donors (Lipinski definition) is 2. The number of carboxylic acids is 1. The topological polar surface area (TPSA) is 84.2 Å². The zero-order valence-electron chi connectivity index (χ0n) is 12.5. The maximum Gasteiger partial charge on any atom is 0.337 e. The van der Waals surface area contributed by atoms with Crippen LogP contribution in [0.25, 0.3) is 11.0 Å². The van der Waals surface area contributed by atoms with Crippen LogP contribution in [0.4, 0.5) is 5.69 Å². The summed E-state index contributed by atoms with van der Waals surface area (Å²) in [7, 11) is 1.75. The van der Waals surface area contributed by atoms with Gasteiger partial charge in [-0.05, 0) is 25.0 Å². The van der Waals surface area contributed by atoms with Gasteiger partial charge in [-0.25, -0.2) is 9.78 Å². The second-order valence-electron chi connectivity index (χ2n) is 5.88. The van der Waals surface area contributed by atoms with Gasteiger partial charge in [-0.3, -0.25) is 4.79 Å². The number of hydrogen-bond acceptors (Lipinski definition) is 3. The summed E-state index contributed by atoms with van der Waals surface area (Å²) in [5.74, 6) is -1.02. The lowest BCUT2D eigenvalue weighted by molar-refractivity contribution is -0.120. The molecule has 116 valence electrons. The average Bonchev–Trinajstić information content (AvgIpc) is 2.88. The summed E-state index contributed by atoms with van der Waals surface area (Å²) in [6.45, 7) is 0. The van der Waals surface area contributed by atoms with E-state index >= 15 is 0 Å². The van der Waals surface area contributed by atoms with Crippen LogP contribution in [0.5, 0.6) is 0 Å². The number of fused-ring (bicyclic) bond motifs is 1. The molecule has 1 saturated carbocycles. The molecule has 1 amide bonds. The van der Waals surface area contributed by atoms with Gasteiger partial charge in [0.2, 0.25) is 5.91 Å². The highest BCUT2D eigenvalue weighted by molar-refractivity contribution is 6.04. The van der Waals surface area contributed by atoms with Gasteiger partial charge in [0.1, 0.15) is 0 Å². The second kappa shape index (κ2) is 5.79. The zero-order chi connectivity index (χ0) is 15.7. The highest BCUT2D eigenvalue weighted by Gasteiger charge is 2.22. The first-order chi connectivity index (χ1) is 10.6. The van der Waals surface area contributed by atoms with Crippen molar-refractivity contribution in [2.45, 2.75) is 32.1 Å². The summed E-state index contributed by atoms with van der Waals surface area (Å²) in [6.07, 6.45) is 6.74. The monoisotopic (exact) mass is 301 g/mol. The van der Waals surface area contributed by atoms with E-state index in [2.05, 4.69) is 10.3 Å². The van der Waals surface area contributed by atoms with Crippen molar-refractivity contribution in [1.82, 2.24) is 9.55 Å². The summed E-state index contributed by atoms with van der Waals surface area (Å²) in [6, 6.07) is 3.23. The molecule has 0 atom stereocenters.